The minimum atomic E-state index is -0.102. The van der Waals surface area contributed by atoms with E-state index in [1.807, 2.05) is 19.9 Å². The maximum absolute atomic E-state index is 6.40. The molecule has 0 aliphatic carbocycles. The van der Waals surface area contributed by atoms with Gasteiger partial charge in [-0.1, -0.05) is 35.9 Å². The first-order valence-corrected chi connectivity index (χ1v) is 10.2. The topological polar surface area (TPSA) is 89.4 Å². The molecule has 1 atom stereocenters. The van der Waals surface area contributed by atoms with Gasteiger partial charge >= 0.3 is 0 Å². The third-order valence-electron chi connectivity index (χ3n) is 5.54. The van der Waals surface area contributed by atoms with Crippen molar-refractivity contribution in [3.8, 4) is 22.4 Å². The largest absolute Gasteiger partial charge is 0.383 e. The second-order valence-corrected chi connectivity index (χ2v) is 7.80. The fourth-order valence-corrected chi connectivity index (χ4v) is 3.82. The molecular formula is C25H22N6. The van der Waals surface area contributed by atoms with Crippen LogP contribution >= 0.6 is 0 Å². The zero-order valence-electron chi connectivity index (χ0n) is 17.7. The fourth-order valence-electron chi connectivity index (χ4n) is 3.82. The zero-order valence-corrected chi connectivity index (χ0v) is 17.7. The standard InChI is InChI=1S/C25H22N6/c1-14-4-6-17(7-5-14)24-20(11-21(25(26)31-24)23-12-27-16(3)30-23)18-8-9-22-19(10-18)15(2)28-13-29-22/h4-13,16H,1-3H3,(H2,26,31). The van der Waals surface area contributed by atoms with Crippen molar-refractivity contribution in [2.75, 3.05) is 5.73 Å². The molecule has 2 aromatic heterocycles. The predicted octanol–water partition coefficient (Wildman–Crippen LogP) is 4.78. The number of aromatic nitrogens is 3. The molecule has 0 radical (unpaired) electrons. The summed E-state index contributed by atoms with van der Waals surface area (Å²) in [6.07, 6.45) is 3.26. The van der Waals surface area contributed by atoms with Crippen LogP contribution in [0.25, 0.3) is 33.3 Å². The quantitative estimate of drug-likeness (QED) is 0.530. The molecular weight excluding hydrogens is 384 g/mol. The van der Waals surface area contributed by atoms with Gasteiger partial charge in [0.1, 0.15) is 18.3 Å². The highest BCUT2D eigenvalue weighted by Gasteiger charge is 2.19. The Labute approximate surface area is 180 Å². The second-order valence-electron chi connectivity index (χ2n) is 7.80. The lowest BCUT2D eigenvalue weighted by Gasteiger charge is -2.15. The minimum Gasteiger partial charge on any atom is -0.383 e. The fraction of sp³-hybridized carbons (Fsp3) is 0.160. The maximum atomic E-state index is 6.40. The Kier molecular flexibility index (Phi) is 4.55. The first-order chi connectivity index (χ1) is 15.0. The molecule has 0 saturated heterocycles. The van der Waals surface area contributed by atoms with Gasteiger partial charge in [-0.15, -0.1) is 0 Å². The van der Waals surface area contributed by atoms with Crippen molar-refractivity contribution in [3.63, 3.8) is 0 Å². The van der Waals surface area contributed by atoms with E-state index >= 15 is 0 Å². The molecule has 0 saturated carbocycles. The lowest BCUT2D eigenvalue weighted by molar-refractivity contribution is 0.816. The highest BCUT2D eigenvalue weighted by Crippen LogP contribution is 2.35. The smallest absolute Gasteiger partial charge is 0.137 e. The molecule has 6 nitrogen and oxygen atoms in total. The summed E-state index contributed by atoms with van der Waals surface area (Å²) in [6.45, 7) is 6.01. The van der Waals surface area contributed by atoms with Crippen molar-refractivity contribution >= 4 is 28.6 Å². The number of aryl methyl sites for hydroxylation is 2. The first kappa shape index (κ1) is 19.1. The van der Waals surface area contributed by atoms with Gasteiger partial charge in [-0.2, -0.15) is 0 Å². The summed E-state index contributed by atoms with van der Waals surface area (Å²) >= 11 is 0. The average molecular weight is 406 g/mol. The van der Waals surface area contributed by atoms with Gasteiger partial charge in [0.15, 0.2) is 0 Å². The van der Waals surface area contributed by atoms with E-state index in [1.54, 1.807) is 12.5 Å². The van der Waals surface area contributed by atoms with Crippen molar-refractivity contribution in [3.05, 3.63) is 71.7 Å². The lowest BCUT2D eigenvalue weighted by Crippen LogP contribution is -2.08. The number of aliphatic imine (C=N–C) groups is 2. The van der Waals surface area contributed by atoms with E-state index in [9.17, 15) is 0 Å². The van der Waals surface area contributed by atoms with E-state index in [0.29, 0.717) is 5.82 Å². The highest BCUT2D eigenvalue weighted by molar-refractivity contribution is 6.40. The third kappa shape index (κ3) is 3.46. The van der Waals surface area contributed by atoms with Crippen molar-refractivity contribution < 1.29 is 0 Å². The van der Waals surface area contributed by atoms with Gasteiger partial charge in [0, 0.05) is 34.0 Å². The Balaban J connectivity index is 1.77. The monoisotopic (exact) mass is 406 g/mol. The molecule has 0 fully saturated rings. The van der Waals surface area contributed by atoms with Crippen LogP contribution < -0.4 is 5.73 Å². The average Bonchev–Trinajstić information content (AvgIpc) is 3.20. The molecule has 4 aromatic rings. The molecule has 31 heavy (non-hydrogen) atoms. The Morgan fingerprint density at radius 1 is 0.871 bits per heavy atom. The summed E-state index contributed by atoms with van der Waals surface area (Å²) in [5.41, 5.74) is 14.8. The van der Waals surface area contributed by atoms with E-state index in [4.69, 9.17) is 10.7 Å². The molecule has 5 rings (SSSR count). The summed E-state index contributed by atoms with van der Waals surface area (Å²) < 4.78 is 0. The summed E-state index contributed by atoms with van der Waals surface area (Å²) in [7, 11) is 0. The van der Waals surface area contributed by atoms with E-state index in [2.05, 4.69) is 69.3 Å². The van der Waals surface area contributed by atoms with Crippen molar-refractivity contribution in [2.45, 2.75) is 26.9 Å². The van der Waals surface area contributed by atoms with Gasteiger partial charge in [0.2, 0.25) is 0 Å². The van der Waals surface area contributed by atoms with Gasteiger partial charge in [0.05, 0.1) is 16.9 Å². The van der Waals surface area contributed by atoms with E-state index in [-0.39, 0.29) is 6.17 Å². The third-order valence-corrected chi connectivity index (χ3v) is 5.54. The SMILES string of the molecule is Cc1ccc(-c2nc(N)c(C3=NC(C)N=C3)cc2-c2ccc3ncnc(C)c3c2)cc1. The summed E-state index contributed by atoms with van der Waals surface area (Å²) in [5.74, 6) is 0.443. The zero-order chi connectivity index (χ0) is 21.5. The molecule has 1 aliphatic rings. The van der Waals surface area contributed by atoms with Crippen molar-refractivity contribution in [1.82, 2.24) is 15.0 Å². The van der Waals surface area contributed by atoms with Crippen LogP contribution in [-0.2, 0) is 0 Å². The highest BCUT2D eigenvalue weighted by atomic mass is 15.0. The Hall–Kier alpha value is -3.93. The van der Waals surface area contributed by atoms with Crippen LogP contribution in [0.4, 0.5) is 5.82 Å². The Morgan fingerprint density at radius 3 is 2.39 bits per heavy atom. The number of anilines is 1. The molecule has 1 aliphatic heterocycles. The van der Waals surface area contributed by atoms with E-state index in [0.717, 1.165) is 50.3 Å². The second kappa shape index (κ2) is 7.40. The van der Waals surface area contributed by atoms with Crippen LogP contribution in [0.15, 0.2) is 64.8 Å². The van der Waals surface area contributed by atoms with Crippen molar-refractivity contribution in [1.29, 1.82) is 0 Å². The minimum absolute atomic E-state index is 0.102. The van der Waals surface area contributed by atoms with Crippen LogP contribution in [0.2, 0.25) is 0 Å². The molecule has 1 unspecified atom stereocenters. The van der Waals surface area contributed by atoms with Gasteiger partial charge in [-0.25, -0.2) is 15.0 Å². The van der Waals surface area contributed by atoms with Gasteiger partial charge in [0.25, 0.3) is 0 Å². The number of hydrogen-bond donors (Lipinski definition) is 1. The first-order valence-electron chi connectivity index (χ1n) is 10.2. The van der Waals surface area contributed by atoms with Crippen LogP contribution in [0.1, 0.15) is 23.7 Å². The number of nitrogens with two attached hydrogens (primary N) is 1. The normalized spacial score (nSPS) is 15.5. The Morgan fingerprint density at radius 2 is 1.65 bits per heavy atom. The molecule has 0 amide bonds. The number of hydrogen-bond acceptors (Lipinski definition) is 6. The van der Waals surface area contributed by atoms with E-state index < -0.39 is 0 Å². The Bertz CT molecular complexity index is 1370. The predicted molar refractivity (Wildman–Crippen MR) is 127 cm³/mol. The molecule has 2 aromatic carbocycles. The van der Waals surface area contributed by atoms with E-state index in [1.165, 1.54) is 5.56 Å². The van der Waals surface area contributed by atoms with Gasteiger partial charge in [-0.05, 0) is 44.5 Å². The number of benzene rings is 2. The molecule has 152 valence electrons. The van der Waals surface area contributed by atoms with Crippen LogP contribution in [0, 0.1) is 13.8 Å². The maximum Gasteiger partial charge on any atom is 0.137 e. The molecule has 6 heteroatoms. The summed E-state index contributed by atoms with van der Waals surface area (Å²) in [6, 6.07) is 16.6. The lowest BCUT2D eigenvalue weighted by atomic mass is 9.95. The molecule has 3 heterocycles. The molecule has 0 bridgehead atoms. The number of pyridine rings is 1. The number of nitrogen functional groups attached to an aromatic ring is 1. The van der Waals surface area contributed by atoms with Gasteiger partial charge in [-0.3, -0.25) is 9.98 Å². The van der Waals surface area contributed by atoms with Crippen LogP contribution in [0.3, 0.4) is 0 Å². The number of rotatable bonds is 3. The van der Waals surface area contributed by atoms with Gasteiger partial charge < -0.3 is 5.73 Å². The number of fused-ring (bicyclic) bond motifs is 1. The molecule has 2 N–H and O–H groups in total. The van der Waals surface area contributed by atoms with Crippen molar-refractivity contribution in [2.24, 2.45) is 9.98 Å². The van der Waals surface area contributed by atoms with Crippen LogP contribution in [0.5, 0.6) is 0 Å². The summed E-state index contributed by atoms with van der Waals surface area (Å²) in [4.78, 5) is 22.5. The summed E-state index contributed by atoms with van der Waals surface area (Å²) in [5, 5.41) is 1.02. The van der Waals surface area contributed by atoms with Crippen LogP contribution in [-0.4, -0.2) is 33.0 Å². The number of nitrogens with zero attached hydrogens (tertiary/aromatic N) is 5. The molecule has 0 spiro atoms.